The third-order valence-electron chi connectivity index (χ3n) is 11.5. The lowest BCUT2D eigenvalue weighted by atomic mass is 9.43. The second-order valence-electron chi connectivity index (χ2n) is 13.5. The minimum atomic E-state index is -0.0105. The highest BCUT2D eigenvalue weighted by Gasteiger charge is 2.61. The van der Waals surface area contributed by atoms with Crippen LogP contribution in [0.25, 0.3) is 33.4 Å². The van der Waals surface area contributed by atoms with Gasteiger partial charge in [0.05, 0.1) is 0 Å². The largest absolute Gasteiger partial charge is 0.0843 e. The zero-order valence-corrected chi connectivity index (χ0v) is 23.0. The van der Waals surface area contributed by atoms with Gasteiger partial charge in [0.15, 0.2) is 0 Å². The average Bonchev–Trinajstić information content (AvgIpc) is 3.33. The monoisotopic (exact) mass is 512 g/mol. The molecule has 10 rings (SSSR count). The molecule has 0 atom stereocenters. The number of fused-ring (bicyclic) bond motifs is 6. The molecule has 0 heterocycles. The average molecular weight is 513 g/mol. The molecule has 188 valence electrons. The van der Waals surface area contributed by atoms with Crippen molar-refractivity contribution >= 4 is 11.6 Å². The van der Waals surface area contributed by atoms with E-state index in [0.717, 1.165) is 28.7 Å². The van der Waals surface area contributed by atoms with E-state index in [1.807, 2.05) is 6.07 Å². The summed E-state index contributed by atoms with van der Waals surface area (Å²) < 4.78 is 0. The van der Waals surface area contributed by atoms with E-state index in [2.05, 4.69) is 86.6 Å². The summed E-state index contributed by atoms with van der Waals surface area (Å²) in [5.41, 5.74) is 14.6. The molecule has 38 heavy (non-hydrogen) atoms. The molecule has 6 aliphatic rings. The number of benzene rings is 4. The summed E-state index contributed by atoms with van der Waals surface area (Å²) in [5, 5.41) is 0.816. The molecule has 0 radical (unpaired) electrons. The van der Waals surface area contributed by atoms with Gasteiger partial charge in [-0.2, -0.15) is 0 Å². The molecule has 0 amide bonds. The van der Waals surface area contributed by atoms with Crippen LogP contribution in [-0.4, -0.2) is 0 Å². The normalized spacial score (nSPS) is 30.3. The molecule has 6 aliphatic carbocycles. The van der Waals surface area contributed by atoms with Crippen LogP contribution in [0.3, 0.4) is 0 Å². The van der Waals surface area contributed by atoms with Gasteiger partial charge in [-0.15, -0.1) is 0 Å². The Morgan fingerprint density at radius 1 is 0.579 bits per heavy atom. The van der Waals surface area contributed by atoms with Crippen LogP contribution in [0.15, 0.2) is 78.9 Å². The highest BCUT2D eigenvalue weighted by atomic mass is 35.5. The Kier molecular flexibility index (Phi) is 4.19. The van der Waals surface area contributed by atoms with Crippen LogP contribution in [-0.2, 0) is 10.8 Å². The molecule has 1 heteroatoms. The zero-order chi connectivity index (χ0) is 25.4. The van der Waals surface area contributed by atoms with Gasteiger partial charge in [0.1, 0.15) is 0 Å². The van der Waals surface area contributed by atoms with Crippen molar-refractivity contribution in [1.29, 1.82) is 0 Å². The van der Waals surface area contributed by atoms with Gasteiger partial charge in [-0.1, -0.05) is 86.1 Å². The summed E-state index contributed by atoms with van der Waals surface area (Å²) in [5.74, 6) is 3.53. The van der Waals surface area contributed by atoms with Crippen LogP contribution < -0.4 is 0 Å². The Bertz CT molecular complexity index is 1640. The molecule has 4 saturated carbocycles. The summed E-state index contributed by atoms with van der Waals surface area (Å²) >= 11 is 6.52. The van der Waals surface area contributed by atoms with Gasteiger partial charge in [-0.25, -0.2) is 0 Å². The second kappa shape index (κ2) is 7.22. The Labute approximate surface area is 231 Å². The summed E-state index contributed by atoms with van der Waals surface area (Å²) in [4.78, 5) is 0. The highest BCUT2D eigenvalue weighted by Crippen LogP contribution is 2.70. The van der Waals surface area contributed by atoms with E-state index < -0.39 is 0 Å². The smallest absolute Gasteiger partial charge is 0.0412 e. The molecular weight excluding hydrogens is 480 g/mol. The quantitative estimate of drug-likeness (QED) is 0.238. The van der Waals surface area contributed by atoms with Crippen molar-refractivity contribution < 1.29 is 0 Å². The number of hydrogen-bond donors (Lipinski definition) is 0. The van der Waals surface area contributed by atoms with Gasteiger partial charge in [-0.3, -0.25) is 0 Å². The standard InChI is InChI=1S/C37H33Cl/c1-36(2)31-12-10-23(19-29(31)30-20-26(38)11-13-32(30)36)27-7-5-9-34-35(27)28-6-3-4-8-33(28)37(34)24-15-21-14-22(17-24)18-25(37)16-21/h3-13,19-22,24-25H,14-18H2,1-2H3. The van der Waals surface area contributed by atoms with Crippen molar-refractivity contribution in [3.8, 4) is 33.4 Å². The lowest BCUT2D eigenvalue weighted by Crippen LogP contribution is -2.55. The lowest BCUT2D eigenvalue weighted by Gasteiger charge is -2.61. The van der Waals surface area contributed by atoms with Crippen molar-refractivity contribution in [2.45, 2.75) is 56.8 Å². The van der Waals surface area contributed by atoms with E-state index in [1.165, 1.54) is 76.6 Å². The van der Waals surface area contributed by atoms with Crippen molar-refractivity contribution in [3.63, 3.8) is 0 Å². The maximum atomic E-state index is 6.52. The fraction of sp³-hybridized carbons (Fsp3) is 0.351. The predicted molar refractivity (Wildman–Crippen MR) is 158 cm³/mol. The van der Waals surface area contributed by atoms with E-state index in [4.69, 9.17) is 11.6 Å². The van der Waals surface area contributed by atoms with Crippen LogP contribution in [0, 0.1) is 23.7 Å². The van der Waals surface area contributed by atoms with Crippen molar-refractivity contribution in [2.24, 2.45) is 23.7 Å². The van der Waals surface area contributed by atoms with Crippen molar-refractivity contribution in [2.75, 3.05) is 0 Å². The summed E-state index contributed by atoms with van der Waals surface area (Å²) in [6.07, 6.45) is 7.20. The van der Waals surface area contributed by atoms with E-state index >= 15 is 0 Å². The minimum absolute atomic E-state index is 0.0105. The number of hydrogen-bond acceptors (Lipinski definition) is 0. The van der Waals surface area contributed by atoms with E-state index in [9.17, 15) is 0 Å². The SMILES string of the molecule is CC1(C)c2ccc(Cl)cc2-c2cc(-c3cccc4c3-c3ccccc3C43C4CC5CC(C4)CC3C5)ccc21. The second-order valence-corrected chi connectivity index (χ2v) is 14.0. The lowest BCUT2D eigenvalue weighted by molar-refractivity contribution is -0.0399. The molecule has 4 aromatic rings. The Balaban J connectivity index is 1.28. The topological polar surface area (TPSA) is 0 Å². The maximum Gasteiger partial charge on any atom is 0.0412 e. The van der Waals surface area contributed by atoms with Crippen LogP contribution >= 0.6 is 11.6 Å². The van der Waals surface area contributed by atoms with E-state index in [-0.39, 0.29) is 10.8 Å². The molecule has 0 unspecified atom stereocenters. The third-order valence-corrected chi connectivity index (χ3v) is 11.8. The van der Waals surface area contributed by atoms with Gasteiger partial charge in [-0.05, 0) is 130 Å². The maximum absolute atomic E-state index is 6.52. The molecule has 0 nitrogen and oxygen atoms in total. The fourth-order valence-electron chi connectivity index (χ4n) is 10.4. The fourth-order valence-corrected chi connectivity index (χ4v) is 10.5. The third kappa shape index (κ3) is 2.54. The van der Waals surface area contributed by atoms with Crippen LogP contribution in [0.4, 0.5) is 0 Å². The first-order chi connectivity index (χ1) is 18.5. The molecule has 0 aromatic heterocycles. The van der Waals surface area contributed by atoms with Gasteiger partial charge >= 0.3 is 0 Å². The Morgan fingerprint density at radius 2 is 1.21 bits per heavy atom. The molecular formula is C37H33Cl. The van der Waals surface area contributed by atoms with E-state index in [1.54, 1.807) is 11.1 Å². The molecule has 4 bridgehead atoms. The minimum Gasteiger partial charge on any atom is -0.0843 e. The first-order valence-electron chi connectivity index (χ1n) is 14.6. The van der Waals surface area contributed by atoms with Crippen molar-refractivity contribution in [3.05, 3.63) is 106 Å². The first kappa shape index (κ1) is 22.0. The van der Waals surface area contributed by atoms with Crippen LogP contribution in [0.5, 0.6) is 0 Å². The summed E-state index contributed by atoms with van der Waals surface area (Å²) in [6.45, 7) is 4.69. The molecule has 1 spiro atoms. The molecule has 4 fully saturated rings. The van der Waals surface area contributed by atoms with E-state index in [0.29, 0.717) is 0 Å². The van der Waals surface area contributed by atoms with Crippen LogP contribution in [0.2, 0.25) is 5.02 Å². The molecule has 0 aliphatic heterocycles. The van der Waals surface area contributed by atoms with Gasteiger partial charge in [0.2, 0.25) is 0 Å². The summed E-state index contributed by atoms with van der Waals surface area (Å²) in [6, 6.07) is 30.4. The first-order valence-corrected chi connectivity index (χ1v) is 15.0. The number of rotatable bonds is 1. The molecule has 0 saturated heterocycles. The Morgan fingerprint density at radius 3 is 1.97 bits per heavy atom. The number of halogens is 1. The summed E-state index contributed by atoms with van der Waals surface area (Å²) in [7, 11) is 0. The van der Waals surface area contributed by atoms with Gasteiger partial charge in [0, 0.05) is 15.9 Å². The van der Waals surface area contributed by atoms with Gasteiger partial charge in [0.25, 0.3) is 0 Å². The molecule has 4 aromatic carbocycles. The predicted octanol–water partition coefficient (Wildman–Crippen LogP) is 10.0. The highest BCUT2D eigenvalue weighted by molar-refractivity contribution is 6.31. The van der Waals surface area contributed by atoms with Crippen molar-refractivity contribution in [1.82, 2.24) is 0 Å². The van der Waals surface area contributed by atoms with Crippen LogP contribution in [0.1, 0.15) is 68.2 Å². The van der Waals surface area contributed by atoms with Gasteiger partial charge < -0.3 is 0 Å². The Hall–Kier alpha value is -2.83. The zero-order valence-electron chi connectivity index (χ0n) is 22.2. The molecule has 0 N–H and O–H groups in total.